The standard InChI is InChI=1S/C32H21Cl2N3O5/c33-19-12-9-17(10-13-19)30(38)35(16-18-11-14-20(34)15-25(18)37(41)42)36-31(39)28-26-21-5-1-2-6-22(21)27(29(28)32(36)40)24-8-4-3-7-23(24)26/h1-15,26-29H,16H2/t26?,27?,28-,29-/m0/s1. The van der Waals surface area contributed by atoms with E-state index in [9.17, 15) is 24.5 Å². The number of carbonyl (C=O) groups is 3. The van der Waals surface area contributed by atoms with E-state index in [2.05, 4.69) is 0 Å². The van der Waals surface area contributed by atoms with Crippen molar-refractivity contribution in [3.8, 4) is 0 Å². The first-order valence-electron chi connectivity index (χ1n) is 13.3. The predicted octanol–water partition coefficient (Wildman–Crippen LogP) is 6.35. The summed E-state index contributed by atoms with van der Waals surface area (Å²) < 4.78 is 0. The average molecular weight is 598 g/mol. The van der Waals surface area contributed by atoms with Crippen molar-refractivity contribution >= 4 is 46.6 Å². The number of hydrazine groups is 1. The van der Waals surface area contributed by atoms with Crippen molar-refractivity contribution < 1.29 is 19.3 Å². The lowest BCUT2D eigenvalue weighted by Crippen LogP contribution is -2.50. The number of nitro benzene ring substituents is 1. The smallest absolute Gasteiger partial charge is 0.272 e. The van der Waals surface area contributed by atoms with Crippen LogP contribution < -0.4 is 0 Å². The first-order valence-corrected chi connectivity index (χ1v) is 14.1. The summed E-state index contributed by atoms with van der Waals surface area (Å²) in [6, 6.07) is 25.8. The first kappa shape index (κ1) is 26.4. The molecule has 208 valence electrons. The third-order valence-electron chi connectivity index (χ3n) is 8.56. The second kappa shape index (κ2) is 9.79. The van der Waals surface area contributed by atoms with Gasteiger partial charge >= 0.3 is 0 Å². The number of benzene rings is 4. The van der Waals surface area contributed by atoms with Crippen molar-refractivity contribution in [3.63, 3.8) is 0 Å². The van der Waals surface area contributed by atoms with Gasteiger partial charge in [0.1, 0.15) is 0 Å². The van der Waals surface area contributed by atoms with Crippen LogP contribution in [0.5, 0.6) is 0 Å². The SMILES string of the molecule is O=C(c1ccc(Cl)cc1)N(Cc1ccc(Cl)cc1[N+](=O)[O-])N1C(=O)[C@H]2C3c4ccccc4C(c4ccccc43)[C@@H]2C1=O. The number of nitrogens with zero attached hydrogens (tertiary/aromatic N) is 3. The Kier molecular flexibility index (Phi) is 6.15. The highest BCUT2D eigenvalue weighted by molar-refractivity contribution is 6.31. The van der Waals surface area contributed by atoms with Crippen LogP contribution in [0.25, 0.3) is 0 Å². The zero-order valence-electron chi connectivity index (χ0n) is 21.8. The fourth-order valence-corrected chi connectivity index (χ4v) is 7.17. The van der Waals surface area contributed by atoms with E-state index in [1.54, 1.807) is 0 Å². The van der Waals surface area contributed by atoms with Crippen molar-refractivity contribution in [1.82, 2.24) is 10.0 Å². The molecule has 8 nitrogen and oxygen atoms in total. The topological polar surface area (TPSA) is 101 Å². The Hall–Kier alpha value is -4.53. The van der Waals surface area contributed by atoms with Crippen LogP contribution in [0, 0.1) is 22.0 Å². The van der Waals surface area contributed by atoms with Crippen LogP contribution in [0.15, 0.2) is 91.0 Å². The normalized spacial score (nSPS) is 21.5. The molecule has 1 fully saturated rings. The summed E-state index contributed by atoms with van der Waals surface area (Å²) in [5.74, 6) is -3.89. The molecule has 0 spiro atoms. The monoisotopic (exact) mass is 597 g/mol. The van der Waals surface area contributed by atoms with Crippen molar-refractivity contribution in [1.29, 1.82) is 0 Å². The molecular formula is C32H21Cl2N3O5. The molecule has 2 bridgehead atoms. The molecule has 3 amide bonds. The lowest BCUT2D eigenvalue weighted by molar-refractivity contribution is -0.385. The van der Waals surface area contributed by atoms with Gasteiger partial charge < -0.3 is 0 Å². The molecule has 0 aromatic heterocycles. The first-order chi connectivity index (χ1) is 20.3. The number of hydrogen-bond acceptors (Lipinski definition) is 5. The zero-order valence-corrected chi connectivity index (χ0v) is 23.3. The molecule has 3 aliphatic carbocycles. The minimum atomic E-state index is -0.729. The molecule has 4 aromatic rings. The molecule has 0 saturated carbocycles. The Bertz CT molecular complexity index is 1710. The predicted molar refractivity (Wildman–Crippen MR) is 155 cm³/mol. The minimum absolute atomic E-state index is 0.122. The van der Waals surface area contributed by atoms with E-state index < -0.39 is 41.0 Å². The molecular weight excluding hydrogens is 577 g/mol. The van der Waals surface area contributed by atoms with Gasteiger partial charge in [0.05, 0.1) is 28.9 Å². The van der Waals surface area contributed by atoms with Gasteiger partial charge in [0.2, 0.25) is 0 Å². The van der Waals surface area contributed by atoms with Crippen molar-refractivity contribution in [3.05, 3.63) is 145 Å². The highest BCUT2D eigenvalue weighted by Crippen LogP contribution is 2.61. The number of imide groups is 1. The van der Waals surface area contributed by atoms with E-state index in [-0.39, 0.29) is 33.7 Å². The maximum Gasteiger partial charge on any atom is 0.275 e. The van der Waals surface area contributed by atoms with Gasteiger partial charge in [-0.2, -0.15) is 5.01 Å². The van der Waals surface area contributed by atoms with Crippen LogP contribution in [0.4, 0.5) is 5.69 Å². The van der Waals surface area contributed by atoms with E-state index in [1.165, 1.54) is 42.5 Å². The summed E-state index contributed by atoms with van der Waals surface area (Å²) in [6.07, 6.45) is 0. The van der Waals surface area contributed by atoms with E-state index >= 15 is 0 Å². The van der Waals surface area contributed by atoms with Gasteiger partial charge in [0.25, 0.3) is 23.4 Å². The molecule has 1 heterocycles. The molecule has 2 atom stereocenters. The van der Waals surface area contributed by atoms with Gasteiger partial charge in [-0.05, 0) is 58.7 Å². The van der Waals surface area contributed by atoms with Gasteiger partial charge in [-0.25, -0.2) is 5.01 Å². The third kappa shape index (κ3) is 3.86. The lowest BCUT2D eigenvalue weighted by atomic mass is 9.55. The highest BCUT2D eigenvalue weighted by atomic mass is 35.5. The summed E-state index contributed by atoms with van der Waals surface area (Å²) in [5.41, 5.74) is 3.94. The number of hydrogen-bond donors (Lipinski definition) is 0. The fourth-order valence-electron chi connectivity index (χ4n) is 6.88. The molecule has 1 aliphatic heterocycles. The molecule has 10 heteroatoms. The lowest BCUT2D eigenvalue weighted by Gasteiger charge is -2.45. The average Bonchev–Trinajstić information content (AvgIpc) is 3.26. The van der Waals surface area contributed by atoms with Gasteiger partial charge in [-0.15, -0.1) is 0 Å². The second-order valence-corrected chi connectivity index (χ2v) is 11.5. The van der Waals surface area contributed by atoms with Gasteiger partial charge in [0, 0.05) is 33.5 Å². The van der Waals surface area contributed by atoms with Crippen LogP contribution >= 0.6 is 23.2 Å². The molecule has 0 N–H and O–H groups in total. The number of rotatable bonds is 5. The van der Waals surface area contributed by atoms with Crippen molar-refractivity contribution in [2.75, 3.05) is 0 Å². The quantitative estimate of drug-likeness (QED) is 0.151. The van der Waals surface area contributed by atoms with Crippen molar-refractivity contribution in [2.45, 2.75) is 18.4 Å². The molecule has 8 rings (SSSR count). The summed E-state index contributed by atoms with van der Waals surface area (Å²) in [4.78, 5) is 54.1. The Morgan fingerprint density at radius 3 is 1.71 bits per heavy atom. The zero-order chi connectivity index (χ0) is 29.3. The largest absolute Gasteiger partial charge is 0.275 e. The maximum absolute atomic E-state index is 14.4. The van der Waals surface area contributed by atoms with Crippen molar-refractivity contribution in [2.24, 2.45) is 11.8 Å². The van der Waals surface area contributed by atoms with E-state index in [4.69, 9.17) is 23.2 Å². The van der Waals surface area contributed by atoms with Crippen LogP contribution in [0.2, 0.25) is 10.0 Å². The molecule has 42 heavy (non-hydrogen) atoms. The van der Waals surface area contributed by atoms with Gasteiger partial charge in [-0.1, -0.05) is 71.7 Å². The fraction of sp³-hybridized carbons (Fsp3) is 0.156. The molecule has 4 aliphatic rings. The highest BCUT2D eigenvalue weighted by Gasteiger charge is 2.63. The third-order valence-corrected chi connectivity index (χ3v) is 9.04. The van der Waals surface area contributed by atoms with Crippen LogP contribution in [0.1, 0.15) is 50.0 Å². The minimum Gasteiger partial charge on any atom is -0.272 e. The number of halogens is 2. The Morgan fingerprint density at radius 1 is 0.762 bits per heavy atom. The summed E-state index contributed by atoms with van der Waals surface area (Å²) >= 11 is 12.1. The summed E-state index contributed by atoms with van der Waals surface area (Å²) in [6.45, 7) is -0.402. The molecule has 4 aromatic carbocycles. The molecule has 0 radical (unpaired) electrons. The van der Waals surface area contributed by atoms with E-state index in [0.29, 0.717) is 5.02 Å². The summed E-state index contributed by atoms with van der Waals surface area (Å²) in [5, 5.41) is 14.4. The van der Waals surface area contributed by atoms with E-state index in [1.807, 2.05) is 48.5 Å². The van der Waals surface area contributed by atoms with Crippen LogP contribution in [0.3, 0.4) is 0 Å². The Morgan fingerprint density at radius 2 is 1.24 bits per heavy atom. The second-order valence-electron chi connectivity index (χ2n) is 10.7. The molecule has 0 unspecified atom stereocenters. The van der Waals surface area contributed by atoms with Gasteiger partial charge in [-0.3, -0.25) is 24.5 Å². The maximum atomic E-state index is 14.4. The Labute approximate surface area is 250 Å². The summed E-state index contributed by atoms with van der Waals surface area (Å²) in [7, 11) is 0. The number of nitro groups is 1. The Balaban J connectivity index is 1.36. The van der Waals surface area contributed by atoms with Crippen LogP contribution in [-0.4, -0.2) is 32.7 Å². The number of amides is 3. The molecule has 1 saturated heterocycles. The van der Waals surface area contributed by atoms with Gasteiger partial charge in [0.15, 0.2) is 0 Å². The van der Waals surface area contributed by atoms with E-state index in [0.717, 1.165) is 32.3 Å². The number of carbonyl (C=O) groups excluding carboxylic acids is 3. The van der Waals surface area contributed by atoms with Crippen LogP contribution in [-0.2, 0) is 16.1 Å².